The third-order valence-corrected chi connectivity index (χ3v) is 4.74. The lowest BCUT2D eigenvalue weighted by molar-refractivity contribution is -0.115. The highest BCUT2D eigenvalue weighted by molar-refractivity contribution is 7.13. The van der Waals surface area contributed by atoms with E-state index in [1.807, 2.05) is 0 Å². The van der Waals surface area contributed by atoms with Gasteiger partial charge in [0.1, 0.15) is 0 Å². The number of rotatable bonds is 9. The fourth-order valence-electron chi connectivity index (χ4n) is 2.61. The third kappa shape index (κ3) is 6.18. The van der Waals surface area contributed by atoms with E-state index in [4.69, 9.17) is 11.2 Å². The standard InChI is InChI=1S/C22H25N3O2S/c23-22-25-19(15-28-22)14-21(27)24-18-12-10-16(11-13-18)6-4-5-9-20(26)17-7-2-1-3-8-17/h1-3,7-8,10-13,15,20,26H,4-6,9,14H2,(H2,23,25)(H,24,27)/t20-/m0/s1/i4D2,9D2. The molecule has 0 fully saturated rings. The molecule has 3 rings (SSSR count). The van der Waals surface area contributed by atoms with E-state index >= 15 is 0 Å². The number of aliphatic hydroxyl groups excluding tert-OH is 1. The second-order valence-corrected chi connectivity index (χ2v) is 7.11. The monoisotopic (exact) mass is 399 g/mol. The molecule has 0 bridgehead atoms. The molecule has 0 aliphatic carbocycles. The molecule has 3 aromatic rings. The molecule has 1 atom stereocenters. The zero-order valence-electron chi connectivity index (χ0n) is 19.3. The van der Waals surface area contributed by atoms with Crippen LogP contribution in [0.1, 0.15) is 47.6 Å². The molecule has 0 radical (unpaired) electrons. The largest absolute Gasteiger partial charge is 0.388 e. The number of aryl methyl sites for hydroxylation is 1. The predicted molar refractivity (Wildman–Crippen MR) is 114 cm³/mol. The maximum atomic E-state index is 12.1. The molecular formula is C22H25N3O2S. The number of anilines is 2. The number of nitrogens with two attached hydrogens (primary N) is 1. The summed E-state index contributed by atoms with van der Waals surface area (Å²) in [5.41, 5.74) is 7.80. The van der Waals surface area contributed by atoms with Crippen molar-refractivity contribution in [1.29, 1.82) is 0 Å². The van der Waals surface area contributed by atoms with Gasteiger partial charge in [0.25, 0.3) is 0 Å². The topological polar surface area (TPSA) is 88.2 Å². The number of amides is 1. The summed E-state index contributed by atoms with van der Waals surface area (Å²) in [7, 11) is 0. The summed E-state index contributed by atoms with van der Waals surface area (Å²) in [5.74, 6) is -0.235. The number of carbonyl (C=O) groups is 1. The van der Waals surface area contributed by atoms with Crippen LogP contribution in [0.3, 0.4) is 0 Å². The van der Waals surface area contributed by atoms with Crippen LogP contribution in [0.25, 0.3) is 0 Å². The second kappa shape index (κ2) is 10.0. The molecule has 1 aromatic heterocycles. The lowest BCUT2D eigenvalue weighted by Crippen LogP contribution is -2.14. The Morgan fingerprint density at radius 2 is 1.96 bits per heavy atom. The molecule has 1 amide bonds. The Morgan fingerprint density at radius 3 is 2.64 bits per heavy atom. The lowest BCUT2D eigenvalue weighted by Gasteiger charge is -2.10. The summed E-state index contributed by atoms with van der Waals surface area (Å²) in [6, 6.07) is 15.1. The van der Waals surface area contributed by atoms with Crippen molar-refractivity contribution in [3.63, 3.8) is 0 Å². The van der Waals surface area contributed by atoms with Crippen molar-refractivity contribution < 1.29 is 15.4 Å². The van der Waals surface area contributed by atoms with Gasteiger partial charge in [-0.25, -0.2) is 4.98 Å². The summed E-state index contributed by atoms with van der Waals surface area (Å²) < 4.78 is 33.0. The van der Waals surface area contributed by atoms with Gasteiger partial charge in [-0.3, -0.25) is 4.79 Å². The van der Waals surface area contributed by atoms with Crippen molar-refractivity contribution in [3.05, 3.63) is 76.8 Å². The molecule has 0 spiro atoms. The second-order valence-electron chi connectivity index (χ2n) is 6.22. The van der Waals surface area contributed by atoms with Gasteiger partial charge in [0.2, 0.25) is 5.91 Å². The fraction of sp³-hybridized carbons (Fsp3) is 0.273. The van der Waals surface area contributed by atoms with Crippen LogP contribution in [0.5, 0.6) is 0 Å². The first-order valence-electron chi connectivity index (χ1n) is 10.9. The molecule has 5 nitrogen and oxygen atoms in total. The summed E-state index contributed by atoms with van der Waals surface area (Å²) in [4.78, 5) is 16.2. The van der Waals surface area contributed by atoms with E-state index in [-0.39, 0.29) is 18.7 Å². The number of benzene rings is 2. The van der Waals surface area contributed by atoms with Crippen LogP contribution in [0.15, 0.2) is 60.0 Å². The minimum Gasteiger partial charge on any atom is -0.388 e. The molecule has 2 aromatic carbocycles. The van der Waals surface area contributed by atoms with Gasteiger partial charge in [-0.05, 0) is 42.4 Å². The third-order valence-electron chi connectivity index (χ3n) is 4.01. The Hall–Kier alpha value is -2.70. The number of hydrogen-bond donors (Lipinski definition) is 3. The van der Waals surface area contributed by atoms with Crippen LogP contribution < -0.4 is 11.1 Å². The van der Waals surface area contributed by atoms with Gasteiger partial charge in [0, 0.05) is 16.6 Å². The molecular weight excluding hydrogens is 370 g/mol. The van der Waals surface area contributed by atoms with Gasteiger partial charge < -0.3 is 16.2 Å². The summed E-state index contributed by atoms with van der Waals surface area (Å²) >= 11 is 1.27. The van der Waals surface area contributed by atoms with Gasteiger partial charge in [0.15, 0.2) is 5.13 Å². The van der Waals surface area contributed by atoms with Gasteiger partial charge in [-0.1, -0.05) is 48.9 Å². The number of thiazole rings is 1. The van der Waals surface area contributed by atoms with Crippen LogP contribution in [-0.2, 0) is 17.6 Å². The average Bonchev–Trinajstić information content (AvgIpc) is 3.13. The number of hydrogen-bond acceptors (Lipinski definition) is 5. The van der Waals surface area contributed by atoms with Gasteiger partial charge in [-0.15, -0.1) is 11.3 Å². The lowest BCUT2D eigenvalue weighted by atomic mass is 10.0. The van der Waals surface area contributed by atoms with E-state index in [9.17, 15) is 9.90 Å². The maximum absolute atomic E-state index is 12.1. The van der Waals surface area contributed by atoms with E-state index in [1.165, 1.54) is 11.3 Å². The molecule has 0 saturated heterocycles. The number of nitrogens with one attached hydrogen (secondary N) is 1. The molecule has 0 aliphatic rings. The molecule has 0 aliphatic heterocycles. The number of aliphatic hydroxyl groups is 1. The Labute approximate surface area is 174 Å². The van der Waals surface area contributed by atoms with Gasteiger partial charge >= 0.3 is 0 Å². The van der Waals surface area contributed by atoms with Crippen LogP contribution >= 0.6 is 11.3 Å². The SMILES string of the molecule is [2H]C([2H])(Cc1ccc(NC(=O)Cc2csc(N)n2)cc1)CC([2H])([2H])[C@H](O)c1ccccc1. The molecule has 28 heavy (non-hydrogen) atoms. The number of aromatic nitrogens is 1. The van der Waals surface area contributed by atoms with Crippen molar-refractivity contribution in [1.82, 2.24) is 4.98 Å². The molecule has 0 saturated carbocycles. The van der Waals surface area contributed by atoms with Gasteiger partial charge in [0.05, 0.1) is 18.2 Å². The zero-order chi connectivity index (χ0) is 23.4. The average molecular weight is 400 g/mol. The Balaban J connectivity index is 1.58. The van der Waals surface area contributed by atoms with E-state index in [2.05, 4.69) is 10.3 Å². The summed E-state index contributed by atoms with van der Waals surface area (Å²) in [6.07, 6.45) is -5.83. The quantitative estimate of drug-likeness (QED) is 0.499. The van der Waals surface area contributed by atoms with Crippen molar-refractivity contribution in [3.8, 4) is 0 Å². The van der Waals surface area contributed by atoms with E-state index in [1.54, 1.807) is 60.0 Å². The van der Waals surface area contributed by atoms with E-state index in [0.29, 0.717) is 27.6 Å². The van der Waals surface area contributed by atoms with Gasteiger partial charge in [-0.2, -0.15) is 0 Å². The Kier molecular flexibility index (Phi) is 5.45. The highest BCUT2D eigenvalue weighted by Gasteiger charge is 2.08. The Bertz CT molecular complexity index is 1040. The summed E-state index contributed by atoms with van der Waals surface area (Å²) in [5, 5.41) is 15.3. The molecule has 1 heterocycles. The molecule has 146 valence electrons. The highest BCUT2D eigenvalue weighted by Crippen LogP contribution is 2.20. The molecule has 4 N–H and O–H groups in total. The zero-order valence-corrected chi connectivity index (χ0v) is 16.1. The minimum atomic E-state index is -2.14. The van der Waals surface area contributed by atoms with E-state index < -0.39 is 25.3 Å². The summed E-state index contributed by atoms with van der Waals surface area (Å²) in [6.45, 7) is 0. The number of carbonyl (C=O) groups excluding carboxylic acids is 1. The van der Waals surface area contributed by atoms with Crippen LogP contribution in [-0.4, -0.2) is 16.0 Å². The number of nitrogens with zero attached hydrogens (tertiary/aromatic N) is 1. The van der Waals surface area contributed by atoms with Crippen molar-refractivity contribution in [2.75, 3.05) is 11.1 Å². The highest BCUT2D eigenvalue weighted by atomic mass is 32.1. The first-order valence-corrected chi connectivity index (χ1v) is 9.74. The maximum Gasteiger partial charge on any atom is 0.230 e. The number of nitrogen functional groups attached to an aromatic ring is 1. The predicted octanol–water partition coefficient (Wildman–Crippen LogP) is 4.35. The Morgan fingerprint density at radius 1 is 1.21 bits per heavy atom. The normalized spacial score (nSPS) is 15.0. The smallest absolute Gasteiger partial charge is 0.230 e. The first-order chi connectivity index (χ1) is 15.0. The van der Waals surface area contributed by atoms with Crippen molar-refractivity contribution in [2.45, 2.75) is 38.1 Å². The minimum absolute atomic E-state index is 0.0274. The van der Waals surface area contributed by atoms with Crippen LogP contribution in [0.2, 0.25) is 0 Å². The van der Waals surface area contributed by atoms with E-state index in [0.717, 1.165) is 0 Å². The first kappa shape index (κ1) is 15.2. The fourth-order valence-corrected chi connectivity index (χ4v) is 3.17. The van der Waals surface area contributed by atoms with Crippen LogP contribution in [0.4, 0.5) is 10.8 Å². The molecule has 6 heteroatoms. The van der Waals surface area contributed by atoms with Crippen molar-refractivity contribution >= 4 is 28.1 Å². The molecule has 0 unspecified atom stereocenters. The van der Waals surface area contributed by atoms with Crippen molar-refractivity contribution in [2.24, 2.45) is 0 Å². The van der Waals surface area contributed by atoms with Crippen LogP contribution in [0, 0.1) is 0 Å².